The van der Waals surface area contributed by atoms with Crippen molar-refractivity contribution >= 4 is 17.6 Å². The molecule has 0 spiro atoms. The second-order valence-corrected chi connectivity index (χ2v) is 7.28. The fourth-order valence-electron chi connectivity index (χ4n) is 3.02. The third-order valence-corrected chi connectivity index (χ3v) is 4.79. The number of ether oxygens (including phenoxy) is 1. The monoisotopic (exact) mass is 493 g/mol. The van der Waals surface area contributed by atoms with Gasteiger partial charge in [0, 0.05) is 17.0 Å². The maximum absolute atomic E-state index is 13.4. The van der Waals surface area contributed by atoms with Crippen LogP contribution in [-0.2, 0) is 30.2 Å². The van der Waals surface area contributed by atoms with Crippen LogP contribution in [0, 0.1) is 0 Å². The summed E-state index contributed by atoms with van der Waals surface area (Å²) in [6.45, 7) is -0.790. The highest BCUT2D eigenvalue weighted by atomic mass is 35.5. The van der Waals surface area contributed by atoms with Crippen molar-refractivity contribution in [2.75, 3.05) is 0 Å². The standard InChI is InChI=1S/C21H14ClF6NO4/c22-13-5-1-12(2-6-13)18-15(19(33-29-18)21(26,27)28)10-32-14-7-3-11(4-8-17(30)31)16(9-14)20(23,24)25/h1-3,5-7,9H,4,8,10H2,(H,30,31). The summed E-state index contributed by atoms with van der Waals surface area (Å²) >= 11 is 5.79. The van der Waals surface area contributed by atoms with Gasteiger partial charge >= 0.3 is 18.3 Å². The summed E-state index contributed by atoms with van der Waals surface area (Å²) in [7, 11) is 0. The van der Waals surface area contributed by atoms with Crippen LogP contribution < -0.4 is 4.74 Å². The molecule has 0 bridgehead atoms. The third-order valence-electron chi connectivity index (χ3n) is 4.54. The molecule has 2 aromatic carbocycles. The molecular formula is C21H14ClF6NO4. The van der Waals surface area contributed by atoms with Gasteiger partial charge in [-0.25, -0.2) is 0 Å². The van der Waals surface area contributed by atoms with E-state index < -0.39 is 48.2 Å². The first-order valence-corrected chi connectivity index (χ1v) is 9.60. The smallest absolute Gasteiger partial charge is 0.452 e. The Bertz CT molecular complexity index is 1140. The molecule has 0 unspecified atom stereocenters. The number of hydrogen-bond acceptors (Lipinski definition) is 4. The number of halogens is 7. The average molecular weight is 494 g/mol. The number of carboxylic acids is 1. The Morgan fingerprint density at radius 1 is 1.03 bits per heavy atom. The molecule has 12 heteroatoms. The number of aromatic nitrogens is 1. The summed E-state index contributed by atoms with van der Waals surface area (Å²) in [5.41, 5.74) is -1.89. The Labute approximate surface area is 187 Å². The van der Waals surface area contributed by atoms with Crippen LogP contribution in [0.2, 0.25) is 5.02 Å². The van der Waals surface area contributed by atoms with Gasteiger partial charge in [-0.3, -0.25) is 4.79 Å². The molecule has 5 nitrogen and oxygen atoms in total. The Morgan fingerprint density at radius 2 is 1.70 bits per heavy atom. The van der Waals surface area contributed by atoms with Crippen LogP contribution >= 0.6 is 11.6 Å². The predicted octanol–water partition coefficient (Wildman–Crippen LogP) is 6.63. The number of rotatable bonds is 7. The number of aryl methyl sites for hydroxylation is 1. The molecule has 0 aliphatic carbocycles. The second-order valence-electron chi connectivity index (χ2n) is 6.84. The first-order chi connectivity index (χ1) is 15.4. The summed E-state index contributed by atoms with van der Waals surface area (Å²) in [4.78, 5) is 10.7. The molecule has 176 valence electrons. The van der Waals surface area contributed by atoms with E-state index >= 15 is 0 Å². The van der Waals surface area contributed by atoms with E-state index in [0.717, 1.165) is 12.1 Å². The minimum absolute atomic E-state index is 0.201. The van der Waals surface area contributed by atoms with Crippen molar-refractivity contribution in [1.29, 1.82) is 0 Å². The molecule has 3 aromatic rings. The van der Waals surface area contributed by atoms with Crippen molar-refractivity contribution < 1.29 is 45.5 Å². The van der Waals surface area contributed by atoms with Crippen LogP contribution in [0.25, 0.3) is 11.3 Å². The summed E-state index contributed by atoms with van der Waals surface area (Å²) in [5.74, 6) is -3.08. The van der Waals surface area contributed by atoms with Gasteiger partial charge in [0.1, 0.15) is 18.1 Å². The fourth-order valence-corrected chi connectivity index (χ4v) is 3.15. The van der Waals surface area contributed by atoms with E-state index in [-0.39, 0.29) is 29.0 Å². The number of nitrogens with zero attached hydrogens (tertiary/aromatic N) is 1. The number of alkyl halides is 6. The molecule has 1 N–H and O–H groups in total. The van der Waals surface area contributed by atoms with Crippen molar-refractivity contribution in [2.24, 2.45) is 0 Å². The third kappa shape index (κ3) is 5.98. The molecule has 0 saturated heterocycles. The van der Waals surface area contributed by atoms with E-state index in [1.54, 1.807) is 0 Å². The van der Waals surface area contributed by atoms with Gasteiger partial charge < -0.3 is 14.4 Å². The summed E-state index contributed by atoms with van der Waals surface area (Å²) in [6, 6.07) is 8.42. The zero-order valence-corrected chi connectivity index (χ0v) is 17.2. The quantitative estimate of drug-likeness (QED) is 0.374. The Morgan fingerprint density at radius 3 is 2.27 bits per heavy atom. The molecule has 0 aliphatic rings. The first-order valence-electron chi connectivity index (χ1n) is 9.22. The minimum Gasteiger partial charge on any atom is -0.489 e. The zero-order chi connectivity index (χ0) is 24.4. The van der Waals surface area contributed by atoms with E-state index in [2.05, 4.69) is 9.68 Å². The molecule has 0 radical (unpaired) electrons. The topological polar surface area (TPSA) is 72.6 Å². The van der Waals surface area contributed by atoms with E-state index in [9.17, 15) is 31.1 Å². The summed E-state index contributed by atoms with van der Waals surface area (Å²) < 4.78 is 90.1. The van der Waals surface area contributed by atoms with Crippen LogP contribution in [-0.4, -0.2) is 16.2 Å². The van der Waals surface area contributed by atoms with Crippen LogP contribution in [0.1, 0.15) is 28.9 Å². The second kappa shape index (κ2) is 9.34. The Balaban J connectivity index is 1.93. The summed E-state index contributed by atoms with van der Waals surface area (Å²) in [6.07, 6.45) is -10.7. The number of carboxylic acid groups (broad SMARTS) is 1. The average Bonchev–Trinajstić information content (AvgIpc) is 3.15. The number of hydrogen-bond donors (Lipinski definition) is 1. The lowest BCUT2D eigenvalue weighted by molar-refractivity contribution is -0.156. The molecule has 1 heterocycles. The van der Waals surface area contributed by atoms with Crippen LogP contribution in [0.15, 0.2) is 47.0 Å². The number of carbonyl (C=O) groups is 1. The van der Waals surface area contributed by atoms with Crippen LogP contribution in [0.5, 0.6) is 5.75 Å². The van der Waals surface area contributed by atoms with Gasteiger partial charge in [-0.1, -0.05) is 35.0 Å². The number of aliphatic carboxylic acids is 1. The highest BCUT2D eigenvalue weighted by Gasteiger charge is 2.41. The van der Waals surface area contributed by atoms with Gasteiger partial charge in [0.15, 0.2) is 0 Å². The lowest BCUT2D eigenvalue weighted by Crippen LogP contribution is -2.12. The van der Waals surface area contributed by atoms with E-state index in [4.69, 9.17) is 21.4 Å². The lowest BCUT2D eigenvalue weighted by Gasteiger charge is -2.15. The van der Waals surface area contributed by atoms with Gasteiger partial charge in [0.2, 0.25) is 5.76 Å². The molecule has 0 amide bonds. The predicted molar refractivity (Wildman–Crippen MR) is 104 cm³/mol. The highest BCUT2D eigenvalue weighted by molar-refractivity contribution is 6.30. The molecule has 1 aromatic heterocycles. The van der Waals surface area contributed by atoms with Crippen molar-refractivity contribution in [3.63, 3.8) is 0 Å². The van der Waals surface area contributed by atoms with Crippen LogP contribution in [0.4, 0.5) is 26.3 Å². The fraction of sp³-hybridized carbons (Fsp3) is 0.238. The van der Waals surface area contributed by atoms with Crippen LogP contribution in [0.3, 0.4) is 0 Å². The normalized spacial score (nSPS) is 12.1. The lowest BCUT2D eigenvalue weighted by atomic mass is 10.0. The van der Waals surface area contributed by atoms with Crippen molar-refractivity contribution in [3.05, 3.63) is 69.9 Å². The van der Waals surface area contributed by atoms with Crippen molar-refractivity contribution in [1.82, 2.24) is 5.16 Å². The van der Waals surface area contributed by atoms with Gasteiger partial charge in [-0.15, -0.1) is 0 Å². The molecule has 3 rings (SSSR count). The van der Waals surface area contributed by atoms with E-state index in [1.807, 2.05) is 0 Å². The van der Waals surface area contributed by atoms with Gasteiger partial charge in [0.25, 0.3) is 0 Å². The number of benzene rings is 2. The van der Waals surface area contributed by atoms with Gasteiger partial charge in [-0.05, 0) is 36.2 Å². The molecule has 0 aliphatic heterocycles. The zero-order valence-electron chi connectivity index (χ0n) is 16.4. The summed E-state index contributed by atoms with van der Waals surface area (Å²) in [5, 5.41) is 12.5. The Hall–Kier alpha value is -3.21. The van der Waals surface area contributed by atoms with Gasteiger partial charge in [0.05, 0.1) is 11.1 Å². The van der Waals surface area contributed by atoms with Gasteiger partial charge in [-0.2, -0.15) is 26.3 Å². The largest absolute Gasteiger partial charge is 0.489 e. The Kier molecular flexibility index (Phi) is 6.92. The van der Waals surface area contributed by atoms with Crippen molar-refractivity contribution in [2.45, 2.75) is 31.8 Å². The first kappa shape index (κ1) is 24.4. The molecule has 33 heavy (non-hydrogen) atoms. The molecule has 0 atom stereocenters. The molecule has 0 fully saturated rings. The molecule has 0 saturated carbocycles. The van der Waals surface area contributed by atoms with Crippen molar-refractivity contribution in [3.8, 4) is 17.0 Å². The molecular weight excluding hydrogens is 480 g/mol. The minimum atomic E-state index is -4.92. The highest BCUT2D eigenvalue weighted by Crippen LogP contribution is 2.39. The van der Waals surface area contributed by atoms with E-state index in [1.165, 1.54) is 24.3 Å². The maximum Gasteiger partial charge on any atom is 0.452 e. The maximum atomic E-state index is 13.4. The van der Waals surface area contributed by atoms with E-state index in [0.29, 0.717) is 11.1 Å². The SMILES string of the molecule is O=C(O)CCc1ccc(OCc2c(-c3ccc(Cl)cc3)noc2C(F)(F)F)cc1C(F)(F)F.